The highest BCUT2D eigenvalue weighted by atomic mass is 32.2. The van der Waals surface area contributed by atoms with Gasteiger partial charge in [-0.15, -0.1) is 0 Å². The van der Waals surface area contributed by atoms with E-state index in [4.69, 9.17) is 4.74 Å². The number of nitrogens with zero attached hydrogens (tertiary/aromatic N) is 2. The average molecular weight is 531 g/mol. The van der Waals surface area contributed by atoms with Gasteiger partial charge in [-0.25, -0.2) is 13.2 Å². The summed E-state index contributed by atoms with van der Waals surface area (Å²) >= 11 is 0. The Balaban J connectivity index is 1.30. The number of ether oxygens (including phenoxy) is 1. The van der Waals surface area contributed by atoms with E-state index < -0.39 is 15.9 Å². The largest absolute Gasteiger partial charge is 0.497 e. The molecular weight excluding hydrogens is 496 g/mol. The van der Waals surface area contributed by atoms with Crippen molar-refractivity contribution >= 4 is 27.5 Å². The van der Waals surface area contributed by atoms with Gasteiger partial charge < -0.3 is 20.5 Å². The second-order valence-corrected chi connectivity index (χ2v) is 10.8. The average Bonchev–Trinajstić information content (AvgIpc) is 3.37. The summed E-state index contributed by atoms with van der Waals surface area (Å²) < 4.78 is 30.2. The van der Waals surface area contributed by atoms with Crippen molar-refractivity contribution < 1.29 is 27.9 Å². The molecule has 0 aromatic heterocycles. The highest BCUT2D eigenvalue weighted by Gasteiger charge is 2.24. The third-order valence-corrected chi connectivity index (χ3v) is 7.72. The summed E-state index contributed by atoms with van der Waals surface area (Å²) in [6, 6.07) is 12.3. The van der Waals surface area contributed by atoms with Crippen molar-refractivity contribution in [1.29, 1.82) is 0 Å². The molecule has 37 heavy (non-hydrogen) atoms. The van der Waals surface area contributed by atoms with Gasteiger partial charge in [0.15, 0.2) is 9.84 Å². The van der Waals surface area contributed by atoms with Crippen LogP contribution >= 0.6 is 0 Å². The molecule has 1 heterocycles. The van der Waals surface area contributed by atoms with Crippen LogP contribution in [-0.4, -0.2) is 75.3 Å². The van der Waals surface area contributed by atoms with Crippen molar-refractivity contribution in [2.75, 3.05) is 39.2 Å². The number of rotatable bonds is 14. The van der Waals surface area contributed by atoms with E-state index in [2.05, 4.69) is 15.6 Å². The molecule has 1 amide bonds. The van der Waals surface area contributed by atoms with E-state index in [1.807, 2.05) is 24.3 Å². The second kappa shape index (κ2) is 13.3. The van der Waals surface area contributed by atoms with E-state index in [1.54, 1.807) is 25.1 Å². The minimum atomic E-state index is -3.45. The fourth-order valence-corrected chi connectivity index (χ4v) is 5.43. The fraction of sp³-hybridized carbons (Fsp3) is 0.423. The highest BCUT2D eigenvalue weighted by Crippen LogP contribution is 2.21. The van der Waals surface area contributed by atoms with Crippen LogP contribution in [0.3, 0.4) is 0 Å². The number of aliphatic imine (C=N–C) groups is 1. The zero-order valence-corrected chi connectivity index (χ0v) is 22.0. The number of carbonyl (C=O) groups is 2. The number of carbonyl (C=O) groups excluding carboxylic acids is 1. The van der Waals surface area contributed by atoms with Gasteiger partial charge in [0.1, 0.15) is 23.2 Å². The second-order valence-electron chi connectivity index (χ2n) is 8.83. The molecule has 3 N–H and O–H groups in total. The van der Waals surface area contributed by atoms with Crippen molar-refractivity contribution in [2.24, 2.45) is 4.99 Å². The smallest absolute Gasteiger partial charge is 0.413 e. The first-order valence-corrected chi connectivity index (χ1v) is 13.8. The standard InChI is InChI=1S/C26H34N4O6S/c1-19-15-23(36-2)10-11-24(19)37(34,35)18-27-12-4-3-5-22(31)17-28-16-20-6-8-21(9-7-20)25-29-13-14-30(25)26(32)33/h6-11,15,27-28H,3-5,12-14,16-18H2,1-2H3,(H,32,33). The van der Waals surface area contributed by atoms with Crippen LogP contribution in [0.5, 0.6) is 5.75 Å². The number of hydrogen-bond acceptors (Lipinski definition) is 8. The van der Waals surface area contributed by atoms with Crippen molar-refractivity contribution in [1.82, 2.24) is 15.5 Å². The summed E-state index contributed by atoms with van der Waals surface area (Å²) in [6.07, 6.45) is 0.779. The lowest BCUT2D eigenvalue weighted by Gasteiger charge is -2.14. The number of carboxylic acid groups (broad SMARTS) is 1. The van der Waals surface area contributed by atoms with Crippen molar-refractivity contribution in [3.8, 4) is 5.75 Å². The van der Waals surface area contributed by atoms with E-state index in [1.165, 1.54) is 12.0 Å². The van der Waals surface area contributed by atoms with E-state index >= 15 is 0 Å². The SMILES string of the molecule is COc1ccc(S(=O)(=O)CNCCCCC(=O)CNCc2ccc(C3=NCCN3C(=O)O)cc2)c(C)c1. The molecule has 0 unspecified atom stereocenters. The molecule has 0 bridgehead atoms. The van der Waals surface area contributed by atoms with Crippen LogP contribution in [0.2, 0.25) is 0 Å². The zero-order valence-electron chi connectivity index (χ0n) is 21.2. The van der Waals surface area contributed by atoms with E-state index in [-0.39, 0.29) is 23.1 Å². The van der Waals surface area contributed by atoms with E-state index in [0.717, 1.165) is 11.1 Å². The number of benzene rings is 2. The number of unbranched alkanes of at least 4 members (excludes halogenated alkanes) is 1. The zero-order chi connectivity index (χ0) is 26.8. The van der Waals surface area contributed by atoms with Gasteiger partial charge in [0.05, 0.1) is 31.6 Å². The number of sulfone groups is 1. The number of amidine groups is 1. The number of hydrogen-bond donors (Lipinski definition) is 3. The Morgan fingerprint density at radius 3 is 2.54 bits per heavy atom. The minimum absolute atomic E-state index is 0.0931. The molecule has 0 spiro atoms. The monoisotopic (exact) mass is 530 g/mol. The molecule has 0 fully saturated rings. The normalized spacial score (nSPS) is 13.5. The summed E-state index contributed by atoms with van der Waals surface area (Å²) in [5.41, 5.74) is 2.37. The van der Waals surface area contributed by atoms with Crippen molar-refractivity contribution in [3.05, 3.63) is 59.2 Å². The Hall–Kier alpha value is -3.28. The number of nitrogens with one attached hydrogen (secondary N) is 2. The fourth-order valence-electron chi connectivity index (χ4n) is 4.04. The van der Waals surface area contributed by atoms with Crippen LogP contribution < -0.4 is 15.4 Å². The van der Waals surface area contributed by atoms with Crippen molar-refractivity contribution in [3.63, 3.8) is 0 Å². The maximum absolute atomic E-state index is 12.6. The third-order valence-electron chi connectivity index (χ3n) is 6.00. The van der Waals surface area contributed by atoms with Gasteiger partial charge in [-0.3, -0.25) is 14.7 Å². The Bertz CT molecular complexity index is 1230. The molecule has 10 nitrogen and oxygen atoms in total. The van der Waals surface area contributed by atoms with Crippen LogP contribution in [-0.2, 0) is 21.2 Å². The Kier molecular flexibility index (Phi) is 10.2. The topological polar surface area (TPSA) is 137 Å². The van der Waals surface area contributed by atoms with E-state index in [9.17, 15) is 23.1 Å². The van der Waals surface area contributed by atoms with Gasteiger partial charge in [0.25, 0.3) is 0 Å². The molecule has 11 heteroatoms. The van der Waals surface area contributed by atoms with Gasteiger partial charge in [0, 0.05) is 18.5 Å². The predicted molar refractivity (Wildman–Crippen MR) is 141 cm³/mol. The molecule has 0 saturated heterocycles. The van der Waals surface area contributed by atoms with E-state index in [0.29, 0.717) is 62.6 Å². The lowest BCUT2D eigenvalue weighted by atomic mass is 10.1. The molecular formula is C26H34N4O6S. The first kappa shape index (κ1) is 28.3. The number of methoxy groups -OCH3 is 1. The molecule has 3 rings (SSSR count). The van der Waals surface area contributed by atoms with Gasteiger partial charge in [0.2, 0.25) is 0 Å². The first-order chi connectivity index (χ1) is 17.7. The summed E-state index contributed by atoms with van der Waals surface area (Å²) in [4.78, 5) is 29.2. The molecule has 0 radical (unpaired) electrons. The molecule has 200 valence electrons. The number of amides is 1. The summed E-state index contributed by atoms with van der Waals surface area (Å²) in [6.45, 7) is 3.85. The molecule has 1 aliphatic heterocycles. The number of ketones is 1. The van der Waals surface area contributed by atoms with Crippen LogP contribution in [0.15, 0.2) is 52.4 Å². The Morgan fingerprint density at radius 2 is 1.86 bits per heavy atom. The minimum Gasteiger partial charge on any atom is -0.497 e. The Labute approximate surface area is 217 Å². The van der Waals surface area contributed by atoms with Gasteiger partial charge in [-0.1, -0.05) is 24.3 Å². The molecule has 2 aromatic rings. The third kappa shape index (κ3) is 8.11. The van der Waals surface area contributed by atoms with Crippen LogP contribution in [0.1, 0.15) is 36.0 Å². The molecule has 0 saturated carbocycles. The maximum atomic E-state index is 12.6. The van der Waals surface area contributed by atoms with Gasteiger partial charge >= 0.3 is 6.09 Å². The molecule has 0 aliphatic carbocycles. The number of Topliss-reactive ketones (excluding diaryl/α,β-unsaturated/α-hetero) is 1. The predicted octanol–water partition coefficient (Wildman–Crippen LogP) is 2.59. The summed E-state index contributed by atoms with van der Waals surface area (Å²) in [5.74, 6) is 1.02. The number of aryl methyl sites for hydroxylation is 1. The molecule has 2 aromatic carbocycles. The lowest BCUT2D eigenvalue weighted by molar-refractivity contribution is -0.118. The van der Waals surface area contributed by atoms with Crippen LogP contribution in [0.25, 0.3) is 0 Å². The summed E-state index contributed by atoms with van der Waals surface area (Å²) in [7, 11) is -1.91. The van der Waals surface area contributed by atoms with Gasteiger partial charge in [-0.2, -0.15) is 0 Å². The highest BCUT2D eigenvalue weighted by molar-refractivity contribution is 7.91. The maximum Gasteiger partial charge on any atom is 0.413 e. The van der Waals surface area contributed by atoms with Crippen LogP contribution in [0, 0.1) is 6.92 Å². The Morgan fingerprint density at radius 1 is 1.11 bits per heavy atom. The van der Waals surface area contributed by atoms with Gasteiger partial charge in [-0.05, 0) is 55.6 Å². The quantitative estimate of drug-likeness (QED) is 0.317. The molecule has 1 aliphatic rings. The molecule has 0 atom stereocenters. The van der Waals surface area contributed by atoms with Crippen molar-refractivity contribution in [2.45, 2.75) is 37.6 Å². The lowest BCUT2D eigenvalue weighted by Crippen LogP contribution is -2.33. The summed E-state index contributed by atoms with van der Waals surface area (Å²) in [5, 5.41) is 15.3. The first-order valence-electron chi connectivity index (χ1n) is 12.2. The van der Waals surface area contributed by atoms with Crippen LogP contribution in [0.4, 0.5) is 4.79 Å².